The summed E-state index contributed by atoms with van der Waals surface area (Å²) >= 11 is 1.79. The number of amides is 18. The van der Waals surface area contributed by atoms with Gasteiger partial charge in [-0.05, 0) is 113 Å². The number of nitrogens with one attached hydrogen (secondary N) is 15. The number of phenols is 1. The molecule has 2 heterocycles. The number of carbonyl (C=O) groups is 18. The number of primary amides is 3. The second-order valence-corrected chi connectivity index (χ2v) is 29.2. The van der Waals surface area contributed by atoms with Crippen molar-refractivity contribution in [3.05, 3.63) is 65.7 Å². The number of aliphatic hydroxyl groups excluding tert-OH is 1. The summed E-state index contributed by atoms with van der Waals surface area (Å²) in [6, 6.07) is -0.999. The predicted octanol–water partition coefficient (Wildman–Crippen LogP) is -6.03. The fraction of sp³-hybridized carbons (Fsp3) is 0.583. The number of rotatable bonds is 53. The van der Waals surface area contributed by atoms with Crippen LogP contribution in [0.25, 0.3) is 0 Å². The van der Waals surface area contributed by atoms with Crippen LogP contribution >= 0.6 is 11.8 Å². The van der Waals surface area contributed by atoms with Gasteiger partial charge >= 0.3 is 12.0 Å². The number of carboxylic acids is 1. The molecule has 624 valence electrons. The van der Waals surface area contributed by atoms with Crippen LogP contribution in [0.1, 0.15) is 142 Å². The molecule has 41 heteroatoms. The van der Waals surface area contributed by atoms with Crippen LogP contribution in [0, 0.1) is 5.92 Å². The highest BCUT2D eigenvalue weighted by Crippen LogP contribution is 2.33. The Kier molecular flexibility index (Phi) is 41.0. The number of thioether (sulfide) groups is 1. The van der Waals surface area contributed by atoms with Crippen molar-refractivity contribution in [2.75, 3.05) is 38.5 Å². The molecule has 0 radical (unpaired) electrons. The number of carboxylic acid groups (broad SMARTS) is 1. The SMILES string of the molecule is CC(=O)N[C@@H](CCCCNC(=O)CCCC[C@@H]1SC[C@@H]2NC(=O)N[C@@H]21)C(=O)NCC(=O)N[C@H](C(=O)N[C@@H](CCC(=O)O)C(=O)N[C@@H](CC(N)=O)C(=O)N[C@@H](CC(C)C)C(=O)N[C@@H](Cc1ccc(O)cc1)C(=O)N[C@@H](Cc1ccccc1)C(=O)N[C@@H](CCC(N)=O)C(=O)NCC(=O)NCC(=O)N[C@@H](CCCCN)C(N)=O)[C@@H](C)O. The minimum Gasteiger partial charge on any atom is -0.508 e. The Hall–Kier alpha value is -11.2. The van der Waals surface area contributed by atoms with Crippen LogP contribution in [0.3, 0.4) is 0 Å². The molecule has 0 saturated carbocycles. The van der Waals surface area contributed by atoms with E-state index < -0.39 is 213 Å². The Morgan fingerprint density at radius 2 is 1.01 bits per heavy atom. The molecule has 0 aliphatic carbocycles. The highest BCUT2D eigenvalue weighted by molar-refractivity contribution is 8.00. The Bertz CT molecular complexity index is 3630. The summed E-state index contributed by atoms with van der Waals surface area (Å²) in [4.78, 5) is 237. The number of nitrogens with two attached hydrogens (primary N) is 4. The number of aromatic hydroxyl groups is 1. The van der Waals surface area contributed by atoms with E-state index >= 15 is 0 Å². The predicted molar refractivity (Wildman–Crippen MR) is 407 cm³/mol. The van der Waals surface area contributed by atoms with E-state index in [0.717, 1.165) is 25.5 Å². The first kappa shape index (κ1) is 94.1. The molecule has 2 fully saturated rings. The zero-order valence-electron chi connectivity index (χ0n) is 63.7. The molecule has 2 aromatic rings. The van der Waals surface area contributed by atoms with E-state index in [0.29, 0.717) is 56.2 Å². The number of aliphatic hydroxyl groups is 1. The summed E-state index contributed by atoms with van der Waals surface area (Å²) in [5.74, 6) is -16.4. The molecule has 13 atom stereocenters. The zero-order valence-corrected chi connectivity index (χ0v) is 64.5. The largest absolute Gasteiger partial charge is 0.508 e. The number of benzene rings is 2. The minimum absolute atomic E-state index is 0.0672. The van der Waals surface area contributed by atoms with Gasteiger partial charge in [-0.25, -0.2) is 4.79 Å². The molecule has 2 aliphatic heterocycles. The second kappa shape index (κ2) is 49.2. The van der Waals surface area contributed by atoms with Gasteiger partial charge in [0.1, 0.15) is 60.1 Å². The molecule has 2 aliphatic rings. The molecule has 0 unspecified atom stereocenters. The van der Waals surface area contributed by atoms with Crippen molar-refractivity contribution in [2.45, 2.75) is 221 Å². The summed E-state index contributed by atoms with van der Waals surface area (Å²) in [7, 11) is 0. The lowest BCUT2D eigenvalue weighted by atomic mass is 9.99. The lowest BCUT2D eigenvalue weighted by Gasteiger charge is -2.28. The van der Waals surface area contributed by atoms with Crippen LogP contribution in [-0.4, -0.2) is 238 Å². The van der Waals surface area contributed by atoms with Crippen LogP contribution in [0.2, 0.25) is 0 Å². The molecule has 0 bridgehead atoms. The van der Waals surface area contributed by atoms with Crippen LogP contribution < -0.4 is 103 Å². The van der Waals surface area contributed by atoms with E-state index in [4.69, 9.17) is 22.9 Å². The molecule has 2 saturated heterocycles. The van der Waals surface area contributed by atoms with Gasteiger partial charge in [-0.1, -0.05) is 62.7 Å². The Morgan fingerprint density at radius 3 is 1.59 bits per heavy atom. The third-order valence-corrected chi connectivity index (χ3v) is 19.4. The molecule has 18 amide bonds. The lowest BCUT2D eigenvalue weighted by Crippen LogP contribution is -2.61. The summed E-state index contributed by atoms with van der Waals surface area (Å²) in [5, 5.41) is 68.2. The van der Waals surface area contributed by atoms with Crippen LogP contribution in [-0.2, 0) is 94.3 Å². The van der Waals surface area contributed by atoms with Gasteiger partial charge < -0.3 is 118 Å². The Labute approximate surface area is 656 Å². The summed E-state index contributed by atoms with van der Waals surface area (Å²) in [6.07, 6.45) is -1.38. The van der Waals surface area contributed by atoms with Crippen molar-refractivity contribution in [1.82, 2.24) is 79.8 Å². The second-order valence-electron chi connectivity index (χ2n) is 27.9. The van der Waals surface area contributed by atoms with E-state index in [-0.39, 0.29) is 73.7 Å². The molecule has 26 N–H and O–H groups in total. The smallest absolute Gasteiger partial charge is 0.315 e. The first-order chi connectivity index (χ1) is 53.5. The maximum Gasteiger partial charge on any atom is 0.315 e. The number of urea groups is 1. The summed E-state index contributed by atoms with van der Waals surface area (Å²) in [5.41, 5.74) is 22.7. The standard InChI is InChI=1S/C72H109N19O21S/c1-38(2)30-48(67(107)86-50(32-42-20-22-43(94)23-21-42)69(109)87-49(31-41-14-6-5-7-15-41)68(108)83-46(24-26-54(74)95)65(105)79-34-57(98)78-35-58(99)82-44(63(76)103)16-10-12-28-73)85-70(110)51(33-55(75)96)88-66(106)47(25-27-60(101)102)84-71(111)61(39(3)92)90-59(100)36-80-64(104)45(81-40(4)93)17-11-13-29-77-56(97)19-9-8-18-53-62-52(37-113-53)89-72(112)91-62/h5-7,14-15,20-23,38-39,44-53,61-62,92,94H,8-13,16-19,24-37,73H2,1-4H3,(H2,74,95)(H2,75,96)(H2,76,103)(H,77,97)(H,78,98)(H,79,105)(H,80,104)(H,81,93)(H,82,99)(H,83,108)(H,84,111)(H,85,110)(H,86,107)(H,87,109)(H,88,106)(H,90,100)(H,101,102)(H2,89,91,112)/t39-,44+,45+,46+,47+,48+,49+,50+,51+,52+,53+,61+,62+/m1/s1. The van der Waals surface area contributed by atoms with Crippen LogP contribution in [0.4, 0.5) is 4.79 Å². The van der Waals surface area contributed by atoms with Crippen molar-refractivity contribution < 1.29 is 102 Å². The van der Waals surface area contributed by atoms with E-state index in [2.05, 4.69) is 79.8 Å². The van der Waals surface area contributed by atoms with E-state index in [1.54, 1.807) is 55.9 Å². The number of phenolic OH excluding ortho intramolecular Hbond substituents is 1. The third kappa shape index (κ3) is 36.2. The minimum atomic E-state index is -1.98. The molecule has 2 aromatic carbocycles. The van der Waals surface area contributed by atoms with Crippen molar-refractivity contribution in [3.63, 3.8) is 0 Å². The first-order valence-electron chi connectivity index (χ1n) is 37.3. The number of fused-ring (bicyclic) bond motifs is 1. The normalized spacial score (nSPS) is 16.7. The van der Waals surface area contributed by atoms with Crippen molar-refractivity contribution >= 4 is 118 Å². The monoisotopic (exact) mass is 1610 g/mol. The molecule has 0 spiro atoms. The van der Waals surface area contributed by atoms with Crippen molar-refractivity contribution in [1.29, 1.82) is 0 Å². The number of carbonyl (C=O) groups excluding carboxylic acids is 17. The van der Waals surface area contributed by atoms with Crippen molar-refractivity contribution in [2.24, 2.45) is 28.9 Å². The molecule has 113 heavy (non-hydrogen) atoms. The molecule has 40 nitrogen and oxygen atoms in total. The quantitative estimate of drug-likeness (QED) is 0.0217. The van der Waals surface area contributed by atoms with Crippen molar-refractivity contribution in [3.8, 4) is 5.75 Å². The zero-order chi connectivity index (χ0) is 83.9. The fourth-order valence-electron chi connectivity index (χ4n) is 12.0. The topological polar surface area (TPSA) is 652 Å². The average Bonchev–Trinajstić information content (AvgIpc) is 1.80. The molecule has 0 aromatic heterocycles. The summed E-state index contributed by atoms with van der Waals surface area (Å²) in [6.45, 7) is 3.92. The van der Waals surface area contributed by atoms with Gasteiger partial charge in [0, 0.05) is 56.6 Å². The fourth-order valence-corrected chi connectivity index (χ4v) is 13.6. The van der Waals surface area contributed by atoms with Gasteiger partial charge in [0.05, 0.1) is 44.2 Å². The number of aliphatic carboxylic acids is 1. The lowest BCUT2D eigenvalue weighted by molar-refractivity contribution is -0.139. The summed E-state index contributed by atoms with van der Waals surface area (Å²) < 4.78 is 0. The van der Waals surface area contributed by atoms with Crippen LogP contribution in [0.15, 0.2) is 54.6 Å². The van der Waals surface area contributed by atoms with Gasteiger partial charge in [-0.2, -0.15) is 11.8 Å². The molecule has 4 rings (SSSR count). The molecular formula is C72H109N19O21S. The van der Waals surface area contributed by atoms with E-state index in [1.807, 2.05) is 0 Å². The average molecular weight is 1610 g/mol. The Balaban J connectivity index is 1.46. The highest BCUT2D eigenvalue weighted by atomic mass is 32.2. The maximum atomic E-state index is 14.8. The van der Waals surface area contributed by atoms with Gasteiger partial charge in [-0.3, -0.25) is 81.5 Å². The van der Waals surface area contributed by atoms with E-state index in [1.165, 1.54) is 31.2 Å². The van der Waals surface area contributed by atoms with Gasteiger partial charge in [-0.15, -0.1) is 0 Å². The highest BCUT2D eigenvalue weighted by Gasteiger charge is 2.43. The van der Waals surface area contributed by atoms with E-state index in [9.17, 15) is 102 Å². The Morgan fingerprint density at radius 1 is 0.496 bits per heavy atom. The van der Waals surface area contributed by atoms with Gasteiger partial charge in [0.2, 0.25) is 94.5 Å². The number of unbranched alkanes of at least 4 members (excludes halogenated alkanes) is 3. The van der Waals surface area contributed by atoms with Crippen LogP contribution in [0.5, 0.6) is 5.75 Å². The third-order valence-electron chi connectivity index (χ3n) is 17.9. The van der Waals surface area contributed by atoms with Gasteiger partial charge in [0.15, 0.2) is 0 Å². The van der Waals surface area contributed by atoms with Gasteiger partial charge in [0.25, 0.3) is 0 Å². The molecular weight excluding hydrogens is 1500 g/mol. The maximum absolute atomic E-state index is 14.8. The first-order valence-corrected chi connectivity index (χ1v) is 38.3. The number of hydrogen-bond acceptors (Lipinski definition) is 22. The number of hydrogen-bond donors (Lipinski definition) is 22.